The number of fused-ring (bicyclic) bond motifs is 1. The van der Waals surface area contributed by atoms with E-state index in [9.17, 15) is 13.2 Å². The van der Waals surface area contributed by atoms with E-state index in [1.54, 1.807) is 6.07 Å². The van der Waals surface area contributed by atoms with Crippen LogP contribution < -0.4 is 4.90 Å². The minimum absolute atomic E-state index is 0.0802. The maximum absolute atomic E-state index is 13.0. The second-order valence-corrected chi connectivity index (χ2v) is 6.55. The third-order valence-corrected chi connectivity index (χ3v) is 4.58. The average Bonchev–Trinajstić information content (AvgIpc) is 3.08. The standard InChI is InChI=1S/C17H18F3N7/c1-12-2-3-13(10-21-12)11-25-6-8-26(9-7-25)15-5-4-14-22-23-16(17(18,19)20)27(14)24-15/h2-5,10H,6-9,11H2,1H3. The number of rotatable bonds is 3. The highest BCUT2D eigenvalue weighted by atomic mass is 19.4. The molecular formula is C17H18F3N7. The molecule has 4 heterocycles. The first kappa shape index (κ1) is 17.7. The Morgan fingerprint density at radius 1 is 1.00 bits per heavy atom. The summed E-state index contributed by atoms with van der Waals surface area (Å²) in [5.74, 6) is -0.616. The molecule has 0 aromatic carbocycles. The number of halogens is 3. The van der Waals surface area contributed by atoms with Crippen LogP contribution in [0.15, 0.2) is 30.5 Å². The van der Waals surface area contributed by atoms with Gasteiger partial charge in [0.2, 0.25) is 0 Å². The largest absolute Gasteiger partial charge is 0.453 e. The van der Waals surface area contributed by atoms with E-state index in [-0.39, 0.29) is 5.65 Å². The highest BCUT2D eigenvalue weighted by Crippen LogP contribution is 2.28. The van der Waals surface area contributed by atoms with E-state index in [0.717, 1.165) is 35.4 Å². The fourth-order valence-corrected chi connectivity index (χ4v) is 3.11. The number of pyridine rings is 1. The maximum atomic E-state index is 13.0. The van der Waals surface area contributed by atoms with Crippen molar-refractivity contribution in [3.63, 3.8) is 0 Å². The Morgan fingerprint density at radius 3 is 2.44 bits per heavy atom. The number of aryl methyl sites for hydroxylation is 1. The van der Waals surface area contributed by atoms with Crippen LogP contribution in [0.2, 0.25) is 0 Å². The topological polar surface area (TPSA) is 62.5 Å². The predicted molar refractivity (Wildman–Crippen MR) is 92.2 cm³/mol. The zero-order valence-corrected chi connectivity index (χ0v) is 14.7. The van der Waals surface area contributed by atoms with Crippen LogP contribution in [-0.2, 0) is 12.7 Å². The number of alkyl halides is 3. The minimum Gasteiger partial charge on any atom is -0.353 e. The number of piperazine rings is 1. The van der Waals surface area contributed by atoms with Crippen molar-refractivity contribution in [2.24, 2.45) is 0 Å². The molecule has 3 aromatic rings. The van der Waals surface area contributed by atoms with Gasteiger partial charge < -0.3 is 4.90 Å². The number of anilines is 1. The molecule has 142 valence electrons. The van der Waals surface area contributed by atoms with Crippen LogP contribution in [0.25, 0.3) is 5.65 Å². The monoisotopic (exact) mass is 377 g/mol. The van der Waals surface area contributed by atoms with Gasteiger partial charge in [-0.15, -0.1) is 15.3 Å². The van der Waals surface area contributed by atoms with Crippen LogP contribution in [0.1, 0.15) is 17.1 Å². The smallest absolute Gasteiger partial charge is 0.353 e. The van der Waals surface area contributed by atoms with Crippen LogP contribution in [0, 0.1) is 6.92 Å². The highest BCUT2D eigenvalue weighted by molar-refractivity contribution is 5.46. The molecule has 4 rings (SSSR count). The average molecular weight is 377 g/mol. The number of hydrogen-bond donors (Lipinski definition) is 0. The Kier molecular flexibility index (Phi) is 4.42. The second kappa shape index (κ2) is 6.76. The zero-order valence-electron chi connectivity index (χ0n) is 14.7. The molecule has 0 bridgehead atoms. The second-order valence-electron chi connectivity index (χ2n) is 6.55. The molecular weight excluding hydrogens is 359 g/mol. The Morgan fingerprint density at radius 2 is 1.78 bits per heavy atom. The van der Waals surface area contributed by atoms with Crippen molar-refractivity contribution < 1.29 is 13.2 Å². The Labute approximate surface area is 153 Å². The van der Waals surface area contributed by atoms with Crippen molar-refractivity contribution >= 4 is 11.5 Å². The van der Waals surface area contributed by atoms with Gasteiger partial charge >= 0.3 is 6.18 Å². The molecule has 0 spiro atoms. The van der Waals surface area contributed by atoms with Crippen molar-refractivity contribution in [3.05, 3.63) is 47.5 Å². The molecule has 0 aliphatic carbocycles. The van der Waals surface area contributed by atoms with E-state index in [2.05, 4.69) is 31.2 Å². The summed E-state index contributed by atoms with van der Waals surface area (Å²) in [7, 11) is 0. The van der Waals surface area contributed by atoms with Gasteiger partial charge in [0.1, 0.15) is 5.82 Å². The van der Waals surface area contributed by atoms with Gasteiger partial charge in [-0.05, 0) is 30.7 Å². The zero-order chi connectivity index (χ0) is 19.0. The Balaban J connectivity index is 1.45. The molecule has 0 atom stereocenters. The molecule has 0 radical (unpaired) electrons. The quantitative estimate of drug-likeness (QED) is 0.697. The van der Waals surface area contributed by atoms with E-state index in [0.29, 0.717) is 18.9 Å². The Hall–Kier alpha value is -2.75. The summed E-state index contributed by atoms with van der Waals surface area (Å²) >= 11 is 0. The number of nitrogens with zero attached hydrogens (tertiary/aromatic N) is 7. The lowest BCUT2D eigenvalue weighted by Gasteiger charge is -2.35. The Bertz CT molecular complexity index is 928. The molecule has 1 aliphatic rings. The van der Waals surface area contributed by atoms with Gasteiger partial charge in [-0.25, -0.2) is 0 Å². The summed E-state index contributed by atoms with van der Waals surface area (Å²) in [6.45, 7) is 5.70. The van der Waals surface area contributed by atoms with Crippen molar-refractivity contribution in [2.45, 2.75) is 19.6 Å². The van der Waals surface area contributed by atoms with E-state index in [1.165, 1.54) is 6.07 Å². The minimum atomic E-state index is -4.59. The van der Waals surface area contributed by atoms with Crippen molar-refractivity contribution in [3.8, 4) is 0 Å². The molecule has 0 saturated carbocycles. The van der Waals surface area contributed by atoms with Crippen LogP contribution in [0.4, 0.5) is 19.0 Å². The number of aromatic nitrogens is 5. The fourth-order valence-electron chi connectivity index (χ4n) is 3.11. The first-order valence-corrected chi connectivity index (χ1v) is 8.59. The van der Waals surface area contributed by atoms with Gasteiger partial charge in [0, 0.05) is 44.6 Å². The molecule has 1 saturated heterocycles. The van der Waals surface area contributed by atoms with Crippen LogP contribution in [-0.4, -0.2) is 55.9 Å². The first-order valence-electron chi connectivity index (χ1n) is 8.59. The first-order chi connectivity index (χ1) is 12.9. The van der Waals surface area contributed by atoms with Crippen LogP contribution >= 0.6 is 0 Å². The van der Waals surface area contributed by atoms with E-state index in [4.69, 9.17) is 0 Å². The van der Waals surface area contributed by atoms with Gasteiger partial charge in [-0.1, -0.05) is 6.07 Å². The highest BCUT2D eigenvalue weighted by Gasteiger charge is 2.37. The maximum Gasteiger partial charge on any atom is 0.453 e. The molecule has 0 N–H and O–H groups in total. The SMILES string of the molecule is Cc1ccc(CN2CCN(c3ccc4nnc(C(F)(F)F)n4n3)CC2)cn1. The molecule has 1 fully saturated rings. The molecule has 0 unspecified atom stereocenters. The van der Waals surface area contributed by atoms with Gasteiger partial charge in [0.05, 0.1) is 0 Å². The van der Waals surface area contributed by atoms with Gasteiger partial charge in [-0.3, -0.25) is 9.88 Å². The summed E-state index contributed by atoms with van der Waals surface area (Å²) in [6, 6.07) is 7.25. The van der Waals surface area contributed by atoms with Crippen molar-refractivity contribution in [2.75, 3.05) is 31.1 Å². The molecule has 3 aromatic heterocycles. The van der Waals surface area contributed by atoms with Gasteiger partial charge in [-0.2, -0.15) is 17.7 Å². The van der Waals surface area contributed by atoms with Gasteiger partial charge in [0.25, 0.3) is 5.82 Å². The summed E-state index contributed by atoms with van der Waals surface area (Å²) < 4.78 is 39.8. The molecule has 27 heavy (non-hydrogen) atoms. The van der Waals surface area contributed by atoms with Crippen molar-refractivity contribution in [1.29, 1.82) is 0 Å². The third kappa shape index (κ3) is 3.70. The lowest BCUT2D eigenvalue weighted by atomic mass is 10.2. The molecule has 0 amide bonds. The summed E-state index contributed by atoms with van der Waals surface area (Å²) in [5.41, 5.74) is 2.21. The van der Waals surface area contributed by atoms with E-state index in [1.807, 2.05) is 24.1 Å². The molecule has 1 aliphatic heterocycles. The molecule has 7 nitrogen and oxygen atoms in total. The molecule has 10 heteroatoms. The lowest BCUT2D eigenvalue weighted by Crippen LogP contribution is -2.46. The van der Waals surface area contributed by atoms with E-state index < -0.39 is 12.0 Å². The van der Waals surface area contributed by atoms with Crippen LogP contribution in [0.3, 0.4) is 0 Å². The number of hydrogen-bond acceptors (Lipinski definition) is 6. The van der Waals surface area contributed by atoms with E-state index >= 15 is 0 Å². The summed E-state index contributed by atoms with van der Waals surface area (Å²) in [6.07, 6.45) is -2.71. The fraction of sp³-hybridized carbons (Fsp3) is 0.412. The van der Waals surface area contributed by atoms with Crippen LogP contribution in [0.5, 0.6) is 0 Å². The van der Waals surface area contributed by atoms with Gasteiger partial charge in [0.15, 0.2) is 5.65 Å². The summed E-state index contributed by atoms with van der Waals surface area (Å²) in [4.78, 5) is 8.57. The van der Waals surface area contributed by atoms with Crippen molar-refractivity contribution in [1.82, 2.24) is 29.7 Å². The predicted octanol–water partition coefficient (Wildman–Crippen LogP) is 2.17. The summed E-state index contributed by atoms with van der Waals surface area (Å²) in [5, 5.41) is 10.9. The third-order valence-electron chi connectivity index (χ3n) is 4.58. The lowest BCUT2D eigenvalue weighted by molar-refractivity contribution is -0.146. The normalized spacial score (nSPS) is 16.2.